The van der Waals surface area contributed by atoms with Gasteiger partial charge >= 0.3 is 0 Å². The zero-order valence-electron chi connectivity index (χ0n) is 12.9. The summed E-state index contributed by atoms with van der Waals surface area (Å²) < 4.78 is 5.43. The zero-order valence-corrected chi connectivity index (χ0v) is 13.7. The fourth-order valence-corrected chi connectivity index (χ4v) is 1.90. The third kappa shape index (κ3) is 6.80. The van der Waals surface area contributed by atoms with Crippen LogP contribution in [0, 0.1) is 0 Å². The highest BCUT2D eigenvalue weighted by atomic mass is 35.5. The molecule has 21 heavy (non-hydrogen) atoms. The maximum Gasteiger partial charge on any atom is 0.253 e. The third-order valence-corrected chi connectivity index (χ3v) is 3.04. The Bertz CT molecular complexity index is 453. The van der Waals surface area contributed by atoms with Gasteiger partial charge in [-0.15, -0.1) is 0 Å². The molecule has 0 fully saturated rings. The van der Waals surface area contributed by atoms with E-state index < -0.39 is 0 Å². The summed E-state index contributed by atoms with van der Waals surface area (Å²) >= 11 is 5.96. The van der Waals surface area contributed by atoms with Gasteiger partial charge in [-0.05, 0) is 39.2 Å². The third-order valence-electron chi connectivity index (χ3n) is 2.81. The van der Waals surface area contributed by atoms with E-state index in [-0.39, 0.29) is 5.91 Å². The molecular formula is C15H24ClN3O2. The van der Waals surface area contributed by atoms with Gasteiger partial charge in [0.15, 0.2) is 0 Å². The minimum absolute atomic E-state index is 0.148. The van der Waals surface area contributed by atoms with Crippen molar-refractivity contribution < 1.29 is 9.53 Å². The molecule has 0 unspecified atom stereocenters. The van der Waals surface area contributed by atoms with E-state index in [9.17, 15) is 4.79 Å². The number of ether oxygens (including phenoxy) is 1. The lowest BCUT2D eigenvalue weighted by atomic mass is 10.1. The largest absolute Gasteiger partial charge is 0.385 e. The van der Waals surface area contributed by atoms with Crippen LogP contribution >= 0.6 is 11.6 Å². The molecule has 0 saturated carbocycles. The maximum absolute atomic E-state index is 12.2. The summed E-state index contributed by atoms with van der Waals surface area (Å²) in [4.78, 5) is 14.2. The van der Waals surface area contributed by atoms with Gasteiger partial charge in [-0.3, -0.25) is 4.79 Å². The summed E-state index contributed by atoms with van der Waals surface area (Å²) in [7, 11) is 3.99. The van der Waals surface area contributed by atoms with Crippen molar-refractivity contribution in [3.63, 3.8) is 0 Å². The van der Waals surface area contributed by atoms with E-state index >= 15 is 0 Å². The zero-order chi connectivity index (χ0) is 15.7. The summed E-state index contributed by atoms with van der Waals surface area (Å²) in [6.45, 7) is 5.22. The average molecular weight is 314 g/mol. The fourth-order valence-electron chi connectivity index (χ4n) is 1.73. The molecule has 1 rings (SSSR count). The summed E-state index contributed by atoms with van der Waals surface area (Å²) in [5, 5.41) is 6.53. The van der Waals surface area contributed by atoms with Gasteiger partial charge in [-0.2, -0.15) is 0 Å². The number of carbonyl (C=O) groups is 1. The summed E-state index contributed by atoms with van der Waals surface area (Å²) in [6, 6.07) is 5.25. The number of nitrogens with zero attached hydrogens (tertiary/aromatic N) is 1. The molecule has 1 aromatic rings. The maximum atomic E-state index is 12.2. The highest BCUT2D eigenvalue weighted by Crippen LogP contribution is 2.20. The standard InChI is InChI=1S/C15H24ClN3O2/c1-4-17-14-6-5-12(16)11-13(14)15(20)18-7-9-21-10-8-19(2)3/h5-6,11,17H,4,7-10H2,1-3H3,(H,18,20). The van der Waals surface area contributed by atoms with E-state index in [1.54, 1.807) is 12.1 Å². The van der Waals surface area contributed by atoms with E-state index in [4.69, 9.17) is 16.3 Å². The van der Waals surface area contributed by atoms with Gasteiger partial charge in [0, 0.05) is 30.3 Å². The molecule has 0 saturated heterocycles. The first kappa shape index (κ1) is 17.8. The van der Waals surface area contributed by atoms with Gasteiger partial charge in [0.2, 0.25) is 0 Å². The SMILES string of the molecule is CCNc1ccc(Cl)cc1C(=O)NCCOCCN(C)C. The van der Waals surface area contributed by atoms with Crippen LogP contribution in [-0.4, -0.2) is 57.8 Å². The highest BCUT2D eigenvalue weighted by Gasteiger charge is 2.11. The monoisotopic (exact) mass is 313 g/mol. The Labute approximate surface area is 131 Å². The van der Waals surface area contributed by atoms with Crippen molar-refractivity contribution in [1.29, 1.82) is 0 Å². The molecule has 5 nitrogen and oxygen atoms in total. The second-order valence-electron chi connectivity index (χ2n) is 4.89. The molecule has 118 valence electrons. The van der Waals surface area contributed by atoms with Crippen molar-refractivity contribution in [2.75, 3.05) is 52.3 Å². The molecule has 0 aliphatic rings. The molecule has 1 aromatic carbocycles. The Morgan fingerprint density at radius 2 is 2.10 bits per heavy atom. The van der Waals surface area contributed by atoms with Crippen molar-refractivity contribution in [2.45, 2.75) is 6.92 Å². The summed E-state index contributed by atoms with van der Waals surface area (Å²) in [6.07, 6.45) is 0. The number of rotatable bonds is 9. The van der Waals surface area contributed by atoms with E-state index in [1.807, 2.05) is 32.0 Å². The molecule has 0 heterocycles. The number of nitrogens with one attached hydrogen (secondary N) is 2. The first-order chi connectivity index (χ1) is 10.0. The molecule has 0 bridgehead atoms. The second kappa shape index (κ2) is 9.60. The molecule has 0 atom stereocenters. The number of halogens is 1. The molecule has 0 aliphatic carbocycles. The quantitative estimate of drug-likeness (QED) is 0.685. The Hall–Kier alpha value is -1.30. The molecule has 6 heteroatoms. The molecule has 1 amide bonds. The van der Waals surface area contributed by atoms with Gasteiger partial charge in [0.1, 0.15) is 0 Å². The molecule has 0 spiro atoms. The van der Waals surface area contributed by atoms with Crippen LogP contribution in [0.3, 0.4) is 0 Å². The average Bonchev–Trinajstić information content (AvgIpc) is 2.44. The van der Waals surface area contributed by atoms with Crippen molar-refractivity contribution in [3.05, 3.63) is 28.8 Å². The van der Waals surface area contributed by atoms with E-state index in [1.165, 1.54) is 0 Å². The molecule has 0 aliphatic heterocycles. The lowest BCUT2D eigenvalue weighted by Gasteiger charge is -2.12. The van der Waals surface area contributed by atoms with Crippen LogP contribution in [0.1, 0.15) is 17.3 Å². The Morgan fingerprint density at radius 1 is 1.33 bits per heavy atom. The number of hydrogen-bond donors (Lipinski definition) is 2. The Morgan fingerprint density at radius 3 is 2.76 bits per heavy atom. The van der Waals surface area contributed by atoms with Crippen molar-refractivity contribution in [3.8, 4) is 0 Å². The van der Waals surface area contributed by atoms with Crippen molar-refractivity contribution >= 4 is 23.2 Å². The number of hydrogen-bond acceptors (Lipinski definition) is 4. The van der Waals surface area contributed by atoms with Gasteiger partial charge in [0.05, 0.1) is 18.8 Å². The number of anilines is 1. The number of likely N-dealkylation sites (N-methyl/N-ethyl adjacent to an activating group) is 1. The summed E-state index contributed by atoms with van der Waals surface area (Å²) in [5.41, 5.74) is 1.34. The lowest BCUT2D eigenvalue weighted by Crippen LogP contribution is -2.29. The Balaban J connectivity index is 2.42. The van der Waals surface area contributed by atoms with E-state index in [0.717, 1.165) is 18.8 Å². The van der Waals surface area contributed by atoms with Crippen LogP contribution in [0.25, 0.3) is 0 Å². The fraction of sp³-hybridized carbons (Fsp3) is 0.533. The number of amides is 1. The molecule has 2 N–H and O–H groups in total. The van der Waals surface area contributed by atoms with Gasteiger partial charge < -0.3 is 20.3 Å². The Kier molecular flexibility index (Phi) is 8.12. The minimum atomic E-state index is -0.148. The first-order valence-electron chi connectivity index (χ1n) is 7.08. The van der Waals surface area contributed by atoms with Crippen LogP contribution in [0.5, 0.6) is 0 Å². The summed E-state index contributed by atoms with van der Waals surface area (Å²) in [5.74, 6) is -0.148. The highest BCUT2D eigenvalue weighted by molar-refractivity contribution is 6.31. The molecule has 0 radical (unpaired) electrons. The predicted octanol–water partition coefficient (Wildman–Crippen LogP) is 2.08. The second-order valence-corrected chi connectivity index (χ2v) is 5.33. The molecular weight excluding hydrogens is 290 g/mol. The van der Waals surface area contributed by atoms with Crippen LogP contribution in [-0.2, 0) is 4.74 Å². The van der Waals surface area contributed by atoms with Crippen LogP contribution < -0.4 is 10.6 Å². The van der Waals surface area contributed by atoms with Gasteiger partial charge in [0.25, 0.3) is 5.91 Å². The van der Waals surface area contributed by atoms with Crippen LogP contribution in [0.4, 0.5) is 5.69 Å². The predicted molar refractivity (Wildman–Crippen MR) is 87.3 cm³/mol. The van der Waals surface area contributed by atoms with E-state index in [0.29, 0.717) is 30.3 Å². The minimum Gasteiger partial charge on any atom is -0.385 e. The van der Waals surface area contributed by atoms with Crippen molar-refractivity contribution in [2.24, 2.45) is 0 Å². The van der Waals surface area contributed by atoms with Crippen molar-refractivity contribution in [1.82, 2.24) is 10.2 Å². The number of benzene rings is 1. The first-order valence-corrected chi connectivity index (χ1v) is 7.46. The van der Waals surface area contributed by atoms with Crippen LogP contribution in [0.15, 0.2) is 18.2 Å². The normalized spacial score (nSPS) is 10.7. The van der Waals surface area contributed by atoms with E-state index in [2.05, 4.69) is 10.6 Å². The smallest absolute Gasteiger partial charge is 0.253 e. The van der Waals surface area contributed by atoms with Gasteiger partial charge in [-0.1, -0.05) is 11.6 Å². The van der Waals surface area contributed by atoms with Crippen LogP contribution in [0.2, 0.25) is 5.02 Å². The lowest BCUT2D eigenvalue weighted by molar-refractivity contribution is 0.0901. The topological polar surface area (TPSA) is 53.6 Å². The number of carbonyl (C=O) groups excluding carboxylic acids is 1. The van der Waals surface area contributed by atoms with Gasteiger partial charge in [-0.25, -0.2) is 0 Å². The molecule has 0 aromatic heterocycles.